The second-order valence-corrected chi connectivity index (χ2v) is 6.62. The molecular weight excluding hydrogens is 327 g/mol. The Morgan fingerprint density at radius 3 is 2.90 bits per heavy atom. The molecule has 3 rings (SSSR count). The summed E-state index contributed by atoms with van der Waals surface area (Å²) in [7, 11) is 0. The molecule has 1 atom stereocenters. The van der Waals surface area contributed by atoms with E-state index < -0.39 is 0 Å². The highest BCUT2D eigenvalue weighted by atomic mass is 35.5. The molecule has 1 saturated heterocycles. The van der Waals surface area contributed by atoms with Crippen LogP contribution in [-0.2, 0) is 11.3 Å². The third-order valence-corrected chi connectivity index (χ3v) is 5.14. The molecule has 1 fully saturated rings. The molecule has 1 amide bonds. The number of carbonyl (C=O) groups excluding carboxylic acids is 1. The molecule has 1 aromatic carbocycles. The zero-order chi connectivity index (χ0) is 14.8. The lowest BCUT2D eigenvalue weighted by molar-refractivity contribution is -0.128. The summed E-state index contributed by atoms with van der Waals surface area (Å²) in [4.78, 5) is 18.1. The minimum Gasteiger partial charge on any atom is -0.321 e. The van der Waals surface area contributed by atoms with E-state index >= 15 is 0 Å². The van der Waals surface area contributed by atoms with Gasteiger partial charge in [-0.1, -0.05) is 35.3 Å². The maximum absolute atomic E-state index is 12.2. The van der Waals surface area contributed by atoms with Gasteiger partial charge in [-0.3, -0.25) is 9.78 Å². The van der Waals surface area contributed by atoms with Crippen LogP contribution in [-0.4, -0.2) is 21.5 Å². The van der Waals surface area contributed by atoms with E-state index in [0.717, 1.165) is 11.1 Å². The van der Waals surface area contributed by atoms with Crippen LogP contribution in [0.2, 0.25) is 10.0 Å². The fourth-order valence-corrected chi connectivity index (χ4v) is 3.90. The number of amides is 1. The van der Waals surface area contributed by atoms with Gasteiger partial charge in [0.05, 0.1) is 5.75 Å². The van der Waals surface area contributed by atoms with Gasteiger partial charge in [0.2, 0.25) is 5.91 Å². The van der Waals surface area contributed by atoms with Crippen molar-refractivity contribution in [1.29, 1.82) is 0 Å². The summed E-state index contributed by atoms with van der Waals surface area (Å²) < 4.78 is 0. The van der Waals surface area contributed by atoms with Gasteiger partial charge in [-0.05, 0) is 23.8 Å². The molecule has 3 nitrogen and oxygen atoms in total. The van der Waals surface area contributed by atoms with Gasteiger partial charge in [-0.15, -0.1) is 11.8 Å². The molecule has 0 aliphatic carbocycles. The van der Waals surface area contributed by atoms with E-state index in [4.69, 9.17) is 23.2 Å². The first-order valence-corrected chi connectivity index (χ1v) is 8.20. The lowest BCUT2D eigenvalue weighted by Gasteiger charge is -2.24. The van der Waals surface area contributed by atoms with Crippen molar-refractivity contribution < 1.29 is 4.79 Å². The van der Waals surface area contributed by atoms with Gasteiger partial charge in [0.1, 0.15) is 5.37 Å². The second-order valence-electron chi connectivity index (χ2n) is 4.71. The summed E-state index contributed by atoms with van der Waals surface area (Å²) in [5.74, 6) is 0.588. The number of hydrogen-bond acceptors (Lipinski definition) is 3. The molecule has 6 heteroatoms. The van der Waals surface area contributed by atoms with E-state index in [9.17, 15) is 4.79 Å². The Morgan fingerprint density at radius 1 is 1.33 bits per heavy atom. The van der Waals surface area contributed by atoms with Gasteiger partial charge >= 0.3 is 0 Å². The van der Waals surface area contributed by atoms with E-state index in [1.54, 1.807) is 36.3 Å². The summed E-state index contributed by atoms with van der Waals surface area (Å²) in [6.07, 6.45) is 3.53. The summed E-state index contributed by atoms with van der Waals surface area (Å²) in [5, 5.41) is 1.16. The van der Waals surface area contributed by atoms with Crippen LogP contribution < -0.4 is 0 Å². The number of benzene rings is 1. The van der Waals surface area contributed by atoms with Crippen LogP contribution in [0.1, 0.15) is 16.5 Å². The van der Waals surface area contributed by atoms with Crippen LogP contribution in [0, 0.1) is 0 Å². The zero-order valence-electron chi connectivity index (χ0n) is 11.0. The van der Waals surface area contributed by atoms with Crippen molar-refractivity contribution in [2.75, 3.05) is 5.75 Å². The van der Waals surface area contributed by atoms with Gasteiger partial charge in [0.25, 0.3) is 0 Å². The zero-order valence-corrected chi connectivity index (χ0v) is 13.3. The molecule has 2 aromatic rings. The van der Waals surface area contributed by atoms with Crippen LogP contribution in [0.5, 0.6) is 0 Å². The van der Waals surface area contributed by atoms with E-state index in [1.807, 2.05) is 23.1 Å². The normalized spacial score (nSPS) is 18.3. The summed E-state index contributed by atoms with van der Waals surface area (Å²) in [6.45, 7) is 0.474. The lowest BCUT2D eigenvalue weighted by atomic mass is 10.2. The number of halogens is 2. The van der Waals surface area contributed by atoms with E-state index in [0.29, 0.717) is 22.3 Å². The van der Waals surface area contributed by atoms with Crippen LogP contribution >= 0.6 is 35.0 Å². The van der Waals surface area contributed by atoms with Crippen LogP contribution in [0.25, 0.3) is 0 Å². The third-order valence-electron chi connectivity index (χ3n) is 3.29. The Labute approximate surface area is 137 Å². The second kappa shape index (κ2) is 6.26. The summed E-state index contributed by atoms with van der Waals surface area (Å²) in [6, 6.07) is 9.22. The average Bonchev–Trinajstić information content (AvgIpc) is 2.84. The number of pyridine rings is 1. The highest BCUT2D eigenvalue weighted by Crippen LogP contribution is 2.39. The number of hydrogen-bond donors (Lipinski definition) is 0. The SMILES string of the molecule is O=C1CS[C@H](c2cccnc2)N1Cc1ccc(Cl)cc1Cl. The monoisotopic (exact) mass is 338 g/mol. The minimum absolute atomic E-state index is 0.0158. The molecule has 0 radical (unpaired) electrons. The highest BCUT2D eigenvalue weighted by molar-refractivity contribution is 8.00. The number of rotatable bonds is 3. The van der Waals surface area contributed by atoms with Crippen molar-refractivity contribution in [3.63, 3.8) is 0 Å². The van der Waals surface area contributed by atoms with Crippen molar-refractivity contribution in [2.45, 2.75) is 11.9 Å². The maximum Gasteiger partial charge on any atom is 0.234 e. The van der Waals surface area contributed by atoms with Gasteiger partial charge in [0, 0.05) is 34.5 Å². The van der Waals surface area contributed by atoms with Crippen LogP contribution in [0.3, 0.4) is 0 Å². The molecule has 1 aliphatic rings. The average molecular weight is 339 g/mol. The predicted octanol–water partition coefficient (Wildman–Crippen LogP) is 4.16. The first kappa shape index (κ1) is 14.7. The van der Waals surface area contributed by atoms with Gasteiger partial charge < -0.3 is 4.90 Å². The Balaban J connectivity index is 1.86. The largest absolute Gasteiger partial charge is 0.321 e. The molecule has 0 N–H and O–H groups in total. The Bertz CT molecular complexity index is 666. The van der Waals surface area contributed by atoms with Gasteiger partial charge in [0.15, 0.2) is 0 Å². The Hall–Kier alpha value is -1.23. The minimum atomic E-state index is -0.0158. The molecule has 21 heavy (non-hydrogen) atoms. The van der Waals surface area contributed by atoms with E-state index in [1.165, 1.54) is 0 Å². The maximum atomic E-state index is 12.2. The van der Waals surface area contributed by atoms with E-state index in [2.05, 4.69) is 4.98 Å². The molecule has 2 heterocycles. The topological polar surface area (TPSA) is 33.2 Å². The van der Waals surface area contributed by atoms with Crippen molar-refractivity contribution in [1.82, 2.24) is 9.88 Å². The molecule has 0 spiro atoms. The van der Waals surface area contributed by atoms with Crippen molar-refractivity contribution in [3.05, 3.63) is 63.9 Å². The predicted molar refractivity (Wildman–Crippen MR) is 86.4 cm³/mol. The lowest BCUT2D eigenvalue weighted by Crippen LogP contribution is -2.27. The number of carbonyl (C=O) groups is 1. The van der Waals surface area contributed by atoms with Crippen molar-refractivity contribution >= 4 is 40.9 Å². The number of nitrogens with zero attached hydrogens (tertiary/aromatic N) is 2. The van der Waals surface area contributed by atoms with Crippen LogP contribution in [0.15, 0.2) is 42.7 Å². The third kappa shape index (κ3) is 3.18. The Morgan fingerprint density at radius 2 is 2.19 bits per heavy atom. The van der Waals surface area contributed by atoms with Crippen molar-refractivity contribution in [3.8, 4) is 0 Å². The highest BCUT2D eigenvalue weighted by Gasteiger charge is 2.33. The molecule has 0 saturated carbocycles. The quantitative estimate of drug-likeness (QED) is 0.842. The molecule has 0 bridgehead atoms. The van der Waals surface area contributed by atoms with Crippen molar-refractivity contribution in [2.24, 2.45) is 0 Å². The first-order valence-electron chi connectivity index (χ1n) is 6.40. The standard InChI is InChI=1S/C15H12Cl2N2OS/c16-12-4-3-11(13(17)6-12)8-19-14(20)9-21-15(19)10-2-1-5-18-7-10/h1-7,15H,8-9H2/t15-/m1/s1. The fraction of sp³-hybridized carbons (Fsp3) is 0.200. The molecule has 1 aromatic heterocycles. The van der Waals surface area contributed by atoms with Gasteiger partial charge in [-0.25, -0.2) is 0 Å². The molecule has 108 valence electrons. The molecule has 1 aliphatic heterocycles. The summed E-state index contributed by atoms with van der Waals surface area (Å²) in [5.41, 5.74) is 1.92. The smallest absolute Gasteiger partial charge is 0.234 e. The summed E-state index contributed by atoms with van der Waals surface area (Å²) >= 11 is 13.7. The van der Waals surface area contributed by atoms with E-state index in [-0.39, 0.29) is 11.3 Å². The molecular formula is C15H12Cl2N2OS. The first-order chi connectivity index (χ1) is 10.1. The fourth-order valence-electron chi connectivity index (χ4n) is 2.26. The van der Waals surface area contributed by atoms with Gasteiger partial charge in [-0.2, -0.15) is 0 Å². The Kier molecular flexibility index (Phi) is 4.38. The number of aromatic nitrogens is 1. The number of thioether (sulfide) groups is 1. The molecule has 0 unspecified atom stereocenters. The van der Waals surface area contributed by atoms with Crippen LogP contribution in [0.4, 0.5) is 0 Å².